The summed E-state index contributed by atoms with van der Waals surface area (Å²) >= 11 is 0. The monoisotopic (exact) mass is 531 g/mol. The number of benzene rings is 3. The second kappa shape index (κ2) is 12.1. The zero-order valence-electron chi connectivity index (χ0n) is 22.2. The summed E-state index contributed by atoms with van der Waals surface area (Å²) in [5.41, 5.74) is 2.80. The van der Waals surface area contributed by atoms with E-state index in [-0.39, 0.29) is 25.3 Å². The molecule has 0 N–H and O–H groups in total. The van der Waals surface area contributed by atoms with Crippen molar-refractivity contribution in [3.8, 4) is 11.5 Å². The summed E-state index contributed by atoms with van der Waals surface area (Å²) in [4.78, 5) is 29.0. The van der Waals surface area contributed by atoms with Crippen LogP contribution in [0.25, 0.3) is 0 Å². The molecule has 2 fully saturated rings. The Kier molecular flexibility index (Phi) is 8.17. The highest BCUT2D eigenvalue weighted by molar-refractivity contribution is 5.76. The number of carbonyl (C=O) groups excluding carboxylic acids is 2. The van der Waals surface area contributed by atoms with Gasteiger partial charge in [-0.3, -0.25) is 4.90 Å². The number of amides is 2. The van der Waals surface area contributed by atoms with Crippen LogP contribution in [0.2, 0.25) is 0 Å². The molecular formula is C30H33N3O6. The summed E-state index contributed by atoms with van der Waals surface area (Å²) in [5.74, 6) is 1.33. The van der Waals surface area contributed by atoms with Gasteiger partial charge in [-0.15, -0.1) is 0 Å². The van der Waals surface area contributed by atoms with Gasteiger partial charge < -0.3 is 18.9 Å². The zero-order chi connectivity index (χ0) is 27.2. The van der Waals surface area contributed by atoms with Crippen LogP contribution in [0, 0.1) is 0 Å². The van der Waals surface area contributed by atoms with Gasteiger partial charge in [-0.2, -0.15) is 0 Å². The summed E-state index contributed by atoms with van der Waals surface area (Å²) in [5, 5.41) is 2.91. The Hall–Kier alpha value is -4.24. The maximum atomic E-state index is 13.4. The van der Waals surface area contributed by atoms with Crippen molar-refractivity contribution in [3.63, 3.8) is 0 Å². The number of piperidine rings is 1. The molecule has 9 heteroatoms. The average Bonchev–Trinajstić information content (AvgIpc) is 3.25. The number of hydrogen-bond donors (Lipinski definition) is 0. The largest absolute Gasteiger partial charge is 0.493 e. The molecular weight excluding hydrogens is 498 g/mol. The van der Waals surface area contributed by atoms with Crippen molar-refractivity contribution < 1.29 is 28.5 Å². The third-order valence-corrected chi connectivity index (χ3v) is 7.04. The van der Waals surface area contributed by atoms with Crippen LogP contribution in [0.15, 0.2) is 78.9 Å². The number of likely N-dealkylation sites (tertiary alicyclic amines) is 1. The SMILES string of the molecule is COc1ccc(CN2C[C@H]3C[C@@H](C2)N(C(=O)OCc2ccccc2)N3C(=O)OCc2ccccc2)cc1OC. The quantitative estimate of drug-likeness (QED) is 0.411. The number of rotatable bonds is 8. The fourth-order valence-electron chi connectivity index (χ4n) is 5.25. The lowest BCUT2D eigenvalue weighted by Crippen LogP contribution is -2.50. The third-order valence-electron chi connectivity index (χ3n) is 7.04. The van der Waals surface area contributed by atoms with Crippen molar-refractivity contribution in [3.05, 3.63) is 95.6 Å². The molecule has 2 bridgehead atoms. The smallest absolute Gasteiger partial charge is 0.429 e. The Labute approximate surface area is 228 Å². The lowest BCUT2D eigenvalue weighted by molar-refractivity contribution is -0.0199. The minimum absolute atomic E-state index is 0.121. The maximum Gasteiger partial charge on any atom is 0.429 e. The van der Waals surface area contributed by atoms with Crippen molar-refractivity contribution in [2.75, 3.05) is 27.3 Å². The van der Waals surface area contributed by atoms with Gasteiger partial charge in [-0.1, -0.05) is 66.7 Å². The van der Waals surface area contributed by atoms with E-state index in [0.717, 1.165) is 16.7 Å². The van der Waals surface area contributed by atoms with Crippen molar-refractivity contribution >= 4 is 12.2 Å². The molecule has 2 saturated heterocycles. The van der Waals surface area contributed by atoms with Crippen LogP contribution >= 0.6 is 0 Å². The highest BCUT2D eigenvalue weighted by Crippen LogP contribution is 2.34. The molecule has 2 aliphatic heterocycles. The number of hydrogen-bond acceptors (Lipinski definition) is 7. The Morgan fingerprint density at radius 1 is 0.692 bits per heavy atom. The van der Waals surface area contributed by atoms with Gasteiger partial charge in [0.25, 0.3) is 0 Å². The fourth-order valence-corrected chi connectivity index (χ4v) is 5.25. The van der Waals surface area contributed by atoms with Gasteiger partial charge in [0, 0.05) is 19.6 Å². The third kappa shape index (κ3) is 6.09. The molecule has 2 aliphatic rings. The highest BCUT2D eigenvalue weighted by Gasteiger charge is 2.50. The molecule has 0 radical (unpaired) electrons. The molecule has 0 spiro atoms. The first-order valence-corrected chi connectivity index (χ1v) is 13.0. The maximum absolute atomic E-state index is 13.4. The van der Waals surface area contributed by atoms with Crippen LogP contribution in [-0.2, 0) is 29.2 Å². The number of ether oxygens (including phenoxy) is 4. The van der Waals surface area contributed by atoms with Crippen molar-refractivity contribution in [1.29, 1.82) is 0 Å². The predicted octanol–water partition coefficient (Wildman–Crippen LogP) is 4.85. The molecule has 204 valence electrons. The molecule has 2 amide bonds. The van der Waals surface area contributed by atoms with E-state index in [0.29, 0.717) is 37.6 Å². The van der Waals surface area contributed by atoms with Gasteiger partial charge in [0.2, 0.25) is 0 Å². The summed E-state index contributed by atoms with van der Waals surface area (Å²) in [6, 6.07) is 24.4. The first-order chi connectivity index (χ1) is 19.1. The second-order valence-corrected chi connectivity index (χ2v) is 9.70. The molecule has 3 aromatic rings. The van der Waals surface area contributed by atoms with Gasteiger partial charge in [-0.05, 0) is 35.2 Å². The van der Waals surface area contributed by atoms with E-state index in [9.17, 15) is 9.59 Å². The van der Waals surface area contributed by atoms with E-state index in [1.54, 1.807) is 14.2 Å². The summed E-state index contributed by atoms with van der Waals surface area (Å²) in [6.07, 6.45) is -0.462. The fraction of sp³-hybridized carbons (Fsp3) is 0.333. The van der Waals surface area contributed by atoms with Gasteiger partial charge >= 0.3 is 12.2 Å². The van der Waals surface area contributed by atoms with E-state index in [1.807, 2.05) is 78.9 Å². The number of hydrazine groups is 1. The zero-order valence-corrected chi connectivity index (χ0v) is 22.2. The molecule has 9 nitrogen and oxygen atoms in total. The van der Waals surface area contributed by atoms with Crippen molar-refractivity contribution in [1.82, 2.24) is 14.9 Å². The van der Waals surface area contributed by atoms with Crippen LogP contribution in [0.5, 0.6) is 11.5 Å². The Bertz CT molecular complexity index is 1200. The molecule has 2 atom stereocenters. The number of carbonyl (C=O) groups is 2. The lowest BCUT2D eigenvalue weighted by atomic mass is 10.0. The van der Waals surface area contributed by atoms with Gasteiger partial charge in [0.15, 0.2) is 11.5 Å². The van der Waals surface area contributed by atoms with Crippen molar-refractivity contribution in [2.45, 2.75) is 38.3 Å². The topological polar surface area (TPSA) is 80.8 Å². The number of fused-ring (bicyclic) bond motifs is 2. The molecule has 0 saturated carbocycles. The van der Waals surface area contributed by atoms with E-state index < -0.39 is 12.2 Å². The van der Waals surface area contributed by atoms with Crippen LogP contribution in [0.1, 0.15) is 23.1 Å². The Balaban J connectivity index is 1.32. The minimum Gasteiger partial charge on any atom is -0.493 e. The predicted molar refractivity (Wildman–Crippen MR) is 144 cm³/mol. The Morgan fingerprint density at radius 2 is 1.21 bits per heavy atom. The van der Waals surface area contributed by atoms with Crippen LogP contribution in [0.4, 0.5) is 9.59 Å². The molecule has 2 heterocycles. The highest BCUT2D eigenvalue weighted by atomic mass is 16.6. The number of nitrogens with zero attached hydrogens (tertiary/aromatic N) is 3. The first kappa shape index (κ1) is 26.4. The van der Waals surface area contributed by atoms with Crippen LogP contribution < -0.4 is 9.47 Å². The summed E-state index contributed by atoms with van der Waals surface area (Å²) in [7, 11) is 3.22. The van der Waals surface area contributed by atoms with E-state index in [1.165, 1.54) is 10.0 Å². The molecule has 3 aromatic carbocycles. The molecule has 39 heavy (non-hydrogen) atoms. The van der Waals surface area contributed by atoms with E-state index in [4.69, 9.17) is 18.9 Å². The standard InChI is InChI=1S/C30H33N3O6/c1-36-27-14-13-24(15-28(27)37-2)17-31-18-25-16-26(19-31)33(30(35)39-21-23-11-7-4-8-12-23)32(25)29(34)38-20-22-9-5-3-6-10-22/h3-15,25-26H,16-21H2,1-2H3/t25-,26+. The Morgan fingerprint density at radius 3 is 1.69 bits per heavy atom. The van der Waals surface area contributed by atoms with E-state index in [2.05, 4.69) is 4.90 Å². The van der Waals surface area contributed by atoms with Gasteiger partial charge in [0.05, 0.1) is 26.3 Å². The van der Waals surface area contributed by atoms with Crippen LogP contribution in [-0.4, -0.2) is 66.5 Å². The molecule has 5 rings (SSSR count). The first-order valence-electron chi connectivity index (χ1n) is 13.0. The van der Waals surface area contributed by atoms with Gasteiger partial charge in [0.1, 0.15) is 13.2 Å². The average molecular weight is 532 g/mol. The lowest BCUT2D eigenvalue weighted by Gasteiger charge is -2.30. The van der Waals surface area contributed by atoms with E-state index >= 15 is 0 Å². The summed E-state index contributed by atoms with van der Waals surface area (Å²) in [6.45, 7) is 2.06. The molecule has 0 aromatic heterocycles. The van der Waals surface area contributed by atoms with Crippen molar-refractivity contribution in [2.24, 2.45) is 0 Å². The summed E-state index contributed by atoms with van der Waals surface area (Å²) < 4.78 is 22.1. The van der Waals surface area contributed by atoms with Gasteiger partial charge in [-0.25, -0.2) is 19.6 Å². The molecule has 0 aliphatic carbocycles. The number of methoxy groups -OCH3 is 2. The minimum atomic E-state index is -0.559. The second-order valence-electron chi connectivity index (χ2n) is 9.70. The molecule has 0 unspecified atom stereocenters. The van der Waals surface area contributed by atoms with Crippen LogP contribution in [0.3, 0.4) is 0 Å². The normalized spacial score (nSPS) is 18.5.